The van der Waals surface area contributed by atoms with Crippen LogP contribution in [0.4, 0.5) is 0 Å². The van der Waals surface area contributed by atoms with E-state index in [4.69, 9.17) is 9.47 Å². The fourth-order valence-electron chi connectivity index (χ4n) is 2.42. The first kappa shape index (κ1) is 15.1. The van der Waals surface area contributed by atoms with Gasteiger partial charge >= 0.3 is 0 Å². The molecule has 1 aromatic heterocycles. The predicted octanol–water partition coefficient (Wildman–Crippen LogP) is 4.16. The third-order valence-electron chi connectivity index (χ3n) is 3.51. The number of hydrogen-bond donors (Lipinski definition) is 0. The van der Waals surface area contributed by atoms with Gasteiger partial charge in [-0.1, -0.05) is 19.9 Å². The molecule has 0 saturated heterocycles. The molecule has 2 rings (SSSR count). The SMILES string of the molecule is CCOC(Cn1ccc2cc(C(C)C)ccc21)OCC. The summed E-state index contributed by atoms with van der Waals surface area (Å²) in [7, 11) is 0. The average molecular weight is 275 g/mol. The van der Waals surface area contributed by atoms with Crippen molar-refractivity contribution in [3.05, 3.63) is 36.0 Å². The minimum atomic E-state index is -0.176. The Morgan fingerprint density at radius 3 is 2.35 bits per heavy atom. The molecule has 0 unspecified atom stereocenters. The van der Waals surface area contributed by atoms with Crippen LogP contribution in [0.1, 0.15) is 39.2 Å². The van der Waals surface area contributed by atoms with Gasteiger partial charge in [0, 0.05) is 24.9 Å². The monoisotopic (exact) mass is 275 g/mol. The van der Waals surface area contributed by atoms with E-state index in [9.17, 15) is 0 Å². The Bertz CT molecular complexity index is 539. The molecule has 0 bridgehead atoms. The molecule has 20 heavy (non-hydrogen) atoms. The van der Waals surface area contributed by atoms with E-state index in [2.05, 4.69) is 48.9 Å². The molecule has 0 atom stereocenters. The van der Waals surface area contributed by atoms with Crippen LogP contribution < -0.4 is 0 Å². The van der Waals surface area contributed by atoms with Crippen LogP contribution in [0.2, 0.25) is 0 Å². The maximum absolute atomic E-state index is 5.62. The van der Waals surface area contributed by atoms with Gasteiger partial charge in [-0.25, -0.2) is 0 Å². The Kier molecular flexibility index (Phi) is 5.21. The number of benzene rings is 1. The van der Waals surface area contributed by atoms with Crippen molar-refractivity contribution in [3.8, 4) is 0 Å². The van der Waals surface area contributed by atoms with Gasteiger partial charge in [-0.2, -0.15) is 0 Å². The Morgan fingerprint density at radius 2 is 1.75 bits per heavy atom. The summed E-state index contributed by atoms with van der Waals surface area (Å²) in [5, 5.41) is 1.28. The summed E-state index contributed by atoms with van der Waals surface area (Å²) in [4.78, 5) is 0. The van der Waals surface area contributed by atoms with Crippen LogP contribution in [0.15, 0.2) is 30.5 Å². The van der Waals surface area contributed by atoms with Gasteiger partial charge in [-0.3, -0.25) is 0 Å². The fraction of sp³-hybridized carbons (Fsp3) is 0.529. The van der Waals surface area contributed by atoms with Crippen molar-refractivity contribution in [2.24, 2.45) is 0 Å². The Morgan fingerprint density at radius 1 is 1.05 bits per heavy atom. The van der Waals surface area contributed by atoms with Crippen molar-refractivity contribution in [2.75, 3.05) is 13.2 Å². The van der Waals surface area contributed by atoms with E-state index in [0.29, 0.717) is 19.1 Å². The van der Waals surface area contributed by atoms with Crippen LogP contribution >= 0.6 is 0 Å². The summed E-state index contributed by atoms with van der Waals surface area (Å²) >= 11 is 0. The van der Waals surface area contributed by atoms with E-state index in [1.165, 1.54) is 16.5 Å². The lowest BCUT2D eigenvalue weighted by Gasteiger charge is -2.18. The second-order valence-electron chi connectivity index (χ2n) is 5.28. The minimum Gasteiger partial charge on any atom is -0.351 e. The summed E-state index contributed by atoms with van der Waals surface area (Å²) in [6.45, 7) is 10.5. The Labute approximate surface area is 121 Å². The van der Waals surface area contributed by atoms with Crippen molar-refractivity contribution in [1.29, 1.82) is 0 Å². The quantitative estimate of drug-likeness (QED) is 0.708. The van der Waals surface area contributed by atoms with E-state index in [1.54, 1.807) is 0 Å². The van der Waals surface area contributed by atoms with Gasteiger partial charge in [0.15, 0.2) is 6.29 Å². The molecule has 0 aliphatic heterocycles. The van der Waals surface area contributed by atoms with Gasteiger partial charge in [-0.15, -0.1) is 0 Å². The minimum absolute atomic E-state index is 0.176. The number of aromatic nitrogens is 1. The lowest BCUT2D eigenvalue weighted by molar-refractivity contribution is -0.143. The summed E-state index contributed by atoms with van der Waals surface area (Å²) in [5.74, 6) is 0.558. The number of hydrogen-bond acceptors (Lipinski definition) is 2. The first-order chi connectivity index (χ1) is 9.65. The second-order valence-corrected chi connectivity index (χ2v) is 5.28. The van der Waals surface area contributed by atoms with Gasteiger partial charge in [0.25, 0.3) is 0 Å². The summed E-state index contributed by atoms with van der Waals surface area (Å²) < 4.78 is 13.5. The molecule has 0 N–H and O–H groups in total. The first-order valence-electron chi connectivity index (χ1n) is 7.47. The molecule has 0 fully saturated rings. The second kappa shape index (κ2) is 6.91. The summed E-state index contributed by atoms with van der Waals surface area (Å²) in [6.07, 6.45) is 1.94. The van der Waals surface area contributed by atoms with Crippen molar-refractivity contribution in [1.82, 2.24) is 4.57 Å². The lowest BCUT2D eigenvalue weighted by atomic mass is 10.0. The molecule has 2 aromatic rings. The molecule has 0 amide bonds. The molecule has 0 aliphatic carbocycles. The standard InChI is InChI=1S/C17H25NO2/c1-5-19-17(20-6-2)12-18-10-9-15-11-14(13(3)4)7-8-16(15)18/h7-11,13,17H,5-6,12H2,1-4H3. The molecular weight excluding hydrogens is 250 g/mol. The van der Waals surface area contributed by atoms with Crippen LogP contribution in [0.3, 0.4) is 0 Å². The highest BCUT2D eigenvalue weighted by Gasteiger charge is 2.11. The number of fused-ring (bicyclic) bond motifs is 1. The van der Waals surface area contributed by atoms with E-state index >= 15 is 0 Å². The van der Waals surface area contributed by atoms with Gasteiger partial charge in [0.2, 0.25) is 0 Å². The van der Waals surface area contributed by atoms with Crippen LogP contribution in [0.25, 0.3) is 10.9 Å². The maximum atomic E-state index is 5.62. The maximum Gasteiger partial charge on any atom is 0.175 e. The fourth-order valence-corrected chi connectivity index (χ4v) is 2.42. The van der Waals surface area contributed by atoms with Gasteiger partial charge in [-0.05, 0) is 48.9 Å². The summed E-state index contributed by atoms with van der Waals surface area (Å²) in [6, 6.07) is 8.84. The molecule has 0 spiro atoms. The topological polar surface area (TPSA) is 23.4 Å². The molecule has 0 radical (unpaired) electrons. The molecule has 1 aromatic carbocycles. The molecule has 3 heteroatoms. The molecule has 3 nitrogen and oxygen atoms in total. The van der Waals surface area contributed by atoms with E-state index < -0.39 is 0 Å². The first-order valence-corrected chi connectivity index (χ1v) is 7.47. The van der Waals surface area contributed by atoms with Gasteiger partial charge in [0.1, 0.15) is 0 Å². The van der Waals surface area contributed by atoms with E-state index in [-0.39, 0.29) is 6.29 Å². The molecule has 1 heterocycles. The van der Waals surface area contributed by atoms with Crippen molar-refractivity contribution >= 4 is 10.9 Å². The van der Waals surface area contributed by atoms with Crippen molar-refractivity contribution in [3.63, 3.8) is 0 Å². The molecule has 110 valence electrons. The van der Waals surface area contributed by atoms with Crippen LogP contribution in [0, 0.1) is 0 Å². The molecule has 0 saturated carbocycles. The smallest absolute Gasteiger partial charge is 0.175 e. The Hall–Kier alpha value is -1.32. The van der Waals surface area contributed by atoms with Crippen LogP contribution in [-0.2, 0) is 16.0 Å². The zero-order chi connectivity index (χ0) is 14.5. The Balaban J connectivity index is 2.22. The largest absolute Gasteiger partial charge is 0.351 e. The summed E-state index contributed by atoms with van der Waals surface area (Å²) in [5.41, 5.74) is 2.61. The third-order valence-corrected chi connectivity index (χ3v) is 3.51. The normalized spacial score (nSPS) is 11.9. The zero-order valence-corrected chi connectivity index (χ0v) is 12.9. The van der Waals surface area contributed by atoms with Gasteiger partial charge < -0.3 is 14.0 Å². The lowest BCUT2D eigenvalue weighted by Crippen LogP contribution is -2.23. The zero-order valence-electron chi connectivity index (χ0n) is 12.9. The average Bonchev–Trinajstić information content (AvgIpc) is 2.82. The van der Waals surface area contributed by atoms with Crippen molar-refractivity contribution < 1.29 is 9.47 Å². The number of rotatable bonds is 7. The van der Waals surface area contributed by atoms with Crippen molar-refractivity contribution in [2.45, 2.75) is 46.4 Å². The van der Waals surface area contributed by atoms with Crippen LogP contribution in [0.5, 0.6) is 0 Å². The highest BCUT2D eigenvalue weighted by molar-refractivity contribution is 5.81. The predicted molar refractivity (Wildman–Crippen MR) is 83.1 cm³/mol. The number of nitrogens with zero attached hydrogens (tertiary/aromatic N) is 1. The highest BCUT2D eigenvalue weighted by Crippen LogP contribution is 2.22. The van der Waals surface area contributed by atoms with E-state index in [0.717, 1.165) is 6.54 Å². The highest BCUT2D eigenvalue weighted by atomic mass is 16.7. The third kappa shape index (κ3) is 3.41. The van der Waals surface area contributed by atoms with Crippen LogP contribution in [-0.4, -0.2) is 24.1 Å². The molecular formula is C17H25NO2. The number of ether oxygens (including phenoxy) is 2. The molecule has 0 aliphatic rings. The van der Waals surface area contributed by atoms with E-state index in [1.807, 2.05) is 13.8 Å². The van der Waals surface area contributed by atoms with Gasteiger partial charge in [0.05, 0.1) is 6.54 Å².